The fourth-order valence-corrected chi connectivity index (χ4v) is 1.48. The number of amides is 2. The van der Waals surface area contributed by atoms with Crippen LogP contribution in [-0.4, -0.2) is 24.9 Å². The highest BCUT2D eigenvalue weighted by atomic mass is 16.2. The quantitative estimate of drug-likeness (QED) is 0.548. The van der Waals surface area contributed by atoms with E-state index in [1.807, 2.05) is 13.0 Å². The lowest BCUT2D eigenvalue weighted by atomic mass is 10.1. The van der Waals surface area contributed by atoms with Crippen molar-refractivity contribution in [3.63, 3.8) is 0 Å². The summed E-state index contributed by atoms with van der Waals surface area (Å²) in [5, 5.41) is 8.23. The molecule has 100 valence electrons. The molecule has 0 saturated heterocycles. The van der Waals surface area contributed by atoms with Crippen LogP contribution in [0.15, 0.2) is 18.2 Å². The second-order valence-corrected chi connectivity index (χ2v) is 4.07. The molecule has 0 aliphatic rings. The van der Waals surface area contributed by atoms with Crippen molar-refractivity contribution < 1.29 is 9.59 Å². The van der Waals surface area contributed by atoms with Crippen molar-refractivity contribution in [2.24, 2.45) is 0 Å². The van der Waals surface area contributed by atoms with Gasteiger partial charge in [-0.25, -0.2) is 0 Å². The van der Waals surface area contributed by atoms with Crippen molar-refractivity contribution in [3.8, 4) is 12.3 Å². The van der Waals surface area contributed by atoms with Gasteiger partial charge in [-0.05, 0) is 24.6 Å². The Hall–Kier alpha value is -2.32. The monoisotopic (exact) mass is 259 g/mol. The van der Waals surface area contributed by atoms with E-state index in [2.05, 4.69) is 21.9 Å². The number of anilines is 2. The average molecular weight is 259 g/mol. The molecule has 0 fully saturated rings. The van der Waals surface area contributed by atoms with Crippen molar-refractivity contribution in [2.45, 2.75) is 13.8 Å². The number of benzene rings is 1. The third-order valence-electron chi connectivity index (χ3n) is 2.34. The second-order valence-electron chi connectivity index (χ2n) is 4.07. The minimum absolute atomic E-state index is 0.147. The fourth-order valence-electron chi connectivity index (χ4n) is 1.48. The van der Waals surface area contributed by atoms with E-state index in [-0.39, 0.29) is 18.4 Å². The summed E-state index contributed by atoms with van der Waals surface area (Å²) < 4.78 is 0. The Morgan fingerprint density at radius 1 is 1.32 bits per heavy atom. The lowest BCUT2D eigenvalue weighted by Gasteiger charge is -2.11. The molecule has 3 N–H and O–H groups in total. The first-order valence-electron chi connectivity index (χ1n) is 5.85. The van der Waals surface area contributed by atoms with E-state index in [0.717, 1.165) is 5.56 Å². The zero-order valence-corrected chi connectivity index (χ0v) is 11.0. The summed E-state index contributed by atoms with van der Waals surface area (Å²) in [4.78, 5) is 22.6. The van der Waals surface area contributed by atoms with Gasteiger partial charge in [0.05, 0.1) is 13.1 Å². The summed E-state index contributed by atoms with van der Waals surface area (Å²) in [6.45, 7) is 3.80. The topological polar surface area (TPSA) is 70.2 Å². The molecule has 5 nitrogen and oxygen atoms in total. The van der Waals surface area contributed by atoms with Crippen molar-refractivity contribution >= 4 is 23.2 Å². The van der Waals surface area contributed by atoms with Crippen molar-refractivity contribution in [1.29, 1.82) is 0 Å². The van der Waals surface area contributed by atoms with Gasteiger partial charge in [0.25, 0.3) is 0 Å². The van der Waals surface area contributed by atoms with Gasteiger partial charge in [0.15, 0.2) is 0 Å². The maximum Gasteiger partial charge on any atom is 0.238 e. The molecule has 19 heavy (non-hydrogen) atoms. The molecule has 1 aromatic carbocycles. The Balaban J connectivity index is 2.68. The van der Waals surface area contributed by atoms with Crippen LogP contribution >= 0.6 is 0 Å². The van der Waals surface area contributed by atoms with Crippen LogP contribution in [0.2, 0.25) is 0 Å². The van der Waals surface area contributed by atoms with E-state index >= 15 is 0 Å². The van der Waals surface area contributed by atoms with Crippen LogP contribution in [0.25, 0.3) is 0 Å². The van der Waals surface area contributed by atoms with E-state index in [1.165, 1.54) is 6.92 Å². The van der Waals surface area contributed by atoms with Gasteiger partial charge < -0.3 is 10.6 Å². The van der Waals surface area contributed by atoms with E-state index in [0.29, 0.717) is 17.9 Å². The smallest absolute Gasteiger partial charge is 0.238 e. The molecule has 0 radical (unpaired) electrons. The van der Waals surface area contributed by atoms with Crippen LogP contribution < -0.4 is 16.0 Å². The molecular weight excluding hydrogens is 242 g/mol. The summed E-state index contributed by atoms with van der Waals surface area (Å²) in [6, 6.07) is 5.33. The van der Waals surface area contributed by atoms with Gasteiger partial charge in [0.1, 0.15) is 0 Å². The molecular formula is C14H17N3O2. The van der Waals surface area contributed by atoms with Crippen LogP contribution in [0.3, 0.4) is 0 Å². The number of rotatable bonds is 5. The molecule has 0 saturated carbocycles. The minimum Gasteiger partial charge on any atom is -0.326 e. The third-order valence-corrected chi connectivity index (χ3v) is 2.34. The number of hydrogen-bond acceptors (Lipinski definition) is 3. The molecule has 2 amide bonds. The Kier molecular flexibility index (Phi) is 5.58. The summed E-state index contributed by atoms with van der Waals surface area (Å²) in [5.41, 5.74) is 2.23. The number of terminal acetylenes is 1. The molecule has 0 aliphatic carbocycles. The van der Waals surface area contributed by atoms with Crippen LogP contribution in [0.4, 0.5) is 11.4 Å². The Morgan fingerprint density at radius 2 is 2.05 bits per heavy atom. The maximum absolute atomic E-state index is 11.6. The van der Waals surface area contributed by atoms with Gasteiger partial charge in [-0.1, -0.05) is 12.0 Å². The zero-order chi connectivity index (χ0) is 14.3. The molecule has 0 aliphatic heterocycles. The van der Waals surface area contributed by atoms with Gasteiger partial charge >= 0.3 is 0 Å². The summed E-state index contributed by atoms with van der Waals surface area (Å²) >= 11 is 0. The highest BCUT2D eigenvalue weighted by Crippen LogP contribution is 2.20. The van der Waals surface area contributed by atoms with E-state index in [9.17, 15) is 9.59 Å². The van der Waals surface area contributed by atoms with Crippen molar-refractivity contribution in [3.05, 3.63) is 23.8 Å². The van der Waals surface area contributed by atoms with Gasteiger partial charge in [-0.2, -0.15) is 0 Å². The number of carbonyl (C=O) groups excluding carboxylic acids is 2. The van der Waals surface area contributed by atoms with Gasteiger partial charge in [-0.15, -0.1) is 6.42 Å². The average Bonchev–Trinajstić information content (AvgIpc) is 2.33. The van der Waals surface area contributed by atoms with Crippen LogP contribution in [-0.2, 0) is 9.59 Å². The number of aryl methyl sites for hydroxylation is 1. The van der Waals surface area contributed by atoms with E-state index in [4.69, 9.17) is 6.42 Å². The molecule has 0 spiro atoms. The molecule has 5 heteroatoms. The first-order valence-corrected chi connectivity index (χ1v) is 5.85. The van der Waals surface area contributed by atoms with E-state index < -0.39 is 0 Å². The molecule has 0 aromatic heterocycles. The first kappa shape index (κ1) is 14.7. The normalized spacial score (nSPS) is 9.53. The van der Waals surface area contributed by atoms with Crippen LogP contribution in [0.5, 0.6) is 0 Å². The number of nitrogens with one attached hydrogen (secondary N) is 3. The summed E-state index contributed by atoms with van der Waals surface area (Å²) in [7, 11) is 0. The van der Waals surface area contributed by atoms with Gasteiger partial charge in [-0.3, -0.25) is 14.9 Å². The summed E-state index contributed by atoms with van der Waals surface area (Å²) in [6.07, 6.45) is 5.07. The molecule has 0 atom stereocenters. The highest BCUT2D eigenvalue weighted by Gasteiger charge is 2.06. The molecule has 1 rings (SSSR count). The number of hydrogen-bond donors (Lipinski definition) is 3. The van der Waals surface area contributed by atoms with E-state index in [1.54, 1.807) is 12.1 Å². The Morgan fingerprint density at radius 3 is 2.68 bits per heavy atom. The lowest BCUT2D eigenvalue weighted by molar-refractivity contribution is -0.115. The van der Waals surface area contributed by atoms with Crippen LogP contribution in [0.1, 0.15) is 12.5 Å². The lowest BCUT2D eigenvalue weighted by Crippen LogP contribution is -2.28. The molecule has 1 aromatic rings. The standard InChI is InChI=1S/C14H17N3O2/c1-4-7-15-9-14(19)17-13-8-12(16-11(3)18)6-5-10(13)2/h1,5-6,8,15H,7,9H2,2-3H3,(H,16,18)(H,17,19). The molecule has 0 heterocycles. The van der Waals surface area contributed by atoms with Gasteiger partial charge in [0, 0.05) is 18.3 Å². The SMILES string of the molecule is C#CCNCC(=O)Nc1cc(NC(C)=O)ccc1C. The largest absolute Gasteiger partial charge is 0.326 e. The van der Waals surface area contributed by atoms with Crippen molar-refractivity contribution in [2.75, 3.05) is 23.7 Å². The predicted molar refractivity (Wildman–Crippen MR) is 75.8 cm³/mol. The Bertz CT molecular complexity index is 518. The van der Waals surface area contributed by atoms with Crippen LogP contribution in [0, 0.1) is 19.3 Å². The maximum atomic E-state index is 11.6. The zero-order valence-electron chi connectivity index (χ0n) is 11.0. The summed E-state index contributed by atoms with van der Waals surface area (Å²) in [5.74, 6) is 2.05. The van der Waals surface area contributed by atoms with Gasteiger partial charge in [0.2, 0.25) is 11.8 Å². The van der Waals surface area contributed by atoms with Crippen molar-refractivity contribution in [1.82, 2.24) is 5.32 Å². The minimum atomic E-state index is -0.182. The predicted octanol–water partition coefficient (Wildman–Crippen LogP) is 1.11. The Labute approximate surface area is 112 Å². The fraction of sp³-hybridized carbons (Fsp3) is 0.286. The number of carbonyl (C=O) groups is 2. The second kappa shape index (κ2) is 7.19. The highest BCUT2D eigenvalue weighted by molar-refractivity contribution is 5.95. The third kappa shape index (κ3) is 5.23. The molecule has 0 unspecified atom stereocenters. The first-order chi connectivity index (χ1) is 9.02. The molecule has 0 bridgehead atoms.